The fraction of sp³-hybridized carbons (Fsp3) is 0.500. The van der Waals surface area contributed by atoms with E-state index in [0.717, 1.165) is 25.0 Å². The number of hydrogen-bond donors (Lipinski definition) is 1. The van der Waals surface area contributed by atoms with Crippen LogP contribution >= 0.6 is 0 Å². The van der Waals surface area contributed by atoms with Gasteiger partial charge in [-0.2, -0.15) is 9.57 Å². The lowest BCUT2D eigenvalue weighted by Crippen LogP contribution is -2.41. The highest BCUT2D eigenvalue weighted by Crippen LogP contribution is 2.26. The van der Waals surface area contributed by atoms with Crippen LogP contribution in [0.1, 0.15) is 31.2 Å². The minimum absolute atomic E-state index is 0.0576. The molecule has 1 aliphatic carbocycles. The van der Waals surface area contributed by atoms with E-state index < -0.39 is 15.8 Å². The van der Waals surface area contributed by atoms with Gasteiger partial charge in [0.25, 0.3) is 0 Å². The monoisotopic (exact) mass is 311 g/mol. The summed E-state index contributed by atoms with van der Waals surface area (Å²) in [7, 11) is -2.21. The van der Waals surface area contributed by atoms with E-state index >= 15 is 0 Å². The van der Waals surface area contributed by atoms with E-state index in [4.69, 9.17) is 11.0 Å². The largest absolute Gasteiger partial charge is 0.328 e. The molecule has 0 unspecified atom stereocenters. The number of nitriles is 1. The molecule has 0 atom stereocenters. The Balaban J connectivity index is 2.27. The smallest absolute Gasteiger partial charge is 0.243 e. The van der Waals surface area contributed by atoms with Crippen molar-refractivity contribution >= 4 is 10.0 Å². The van der Waals surface area contributed by atoms with Crippen molar-refractivity contribution in [3.05, 3.63) is 29.6 Å². The van der Waals surface area contributed by atoms with Gasteiger partial charge in [0.1, 0.15) is 11.9 Å². The lowest BCUT2D eigenvalue weighted by atomic mass is 9.92. The molecule has 7 heteroatoms. The van der Waals surface area contributed by atoms with Crippen molar-refractivity contribution in [1.29, 1.82) is 5.26 Å². The van der Waals surface area contributed by atoms with E-state index in [1.807, 2.05) is 0 Å². The van der Waals surface area contributed by atoms with Crippen LogP contribution in [0.2, 0.25) is 0 Å². The third kappa shape index (κ3) is 3.23. The van der Waals surface area contributed by atoms with Crippen molar-refractivity contribution in [2.75, 3.05) is 7.05 Å². The van der Waals surface area contributed by atoms with Gasteiger partial charge in [-0.25, -0.2) is 12.8 Å². The molecule has 1 aromatic carbocycles. The van der Waals surface area contributed by atoms with E-state index in [-0.39, 0.29) is 22.5 Å². The number of hydrogen-bond acceptors (Lipinski definition) is 4. The van der Waals surface area contributed by atoms with E-state index in [1.165, 1.54) is 17.4 Å². The second-order valence-electron chi connectivity index (χ2n) is 5.34. The Morgan fingerprint density at radius 2 is 1.95 bits per heavy atom. The van der Waals surface area contributed by atoms with Crippen LogP contribution in [0.4, 0.5) is 4.39 Å². The van der Waals surface area contributed by atoms with Crippen molar-refractivity contribution in [1.82, 2.24) is 4.31 Å². The molecule has 0 aliphatic heterocycles. The van der Waals surface area contributed by atoms with Crippen molar-refractivity contribution in [2.24, 2.45) is 5.73 Å². The molecule has 5 nitrogen and oxygen atoms in total. The summed E-state index contributed by atoms with van der Waals surface area (Å²) in [5, 5.41) is 8.81. The summed E-state index contributed by atoms with van der Waals surface area (Å²) >= 11 is 0. The van der Waals surface area contributed by atoms with Gasteiger partial charge in [0, 0.05) is 19.1 Å². The third-order valence-electron chi connectivity index (χ3n) is 3.99. The lowest BCUT2D eigenvalue weighted by Gasteiger charge is -2.32. The number of sulfonamides is 1. The Hall–Kier alpha value is -1.49. The predicted molar refractivity (Wildman–Crippen MR) is 76.3 cm³/mol. The zero-order chi connectivity index (χ0) is 15.6. The van der Waals surface area contributed by atoms with Gasteiger partial charge in [0.05, 0.1) is 10.5 Å². The molecule has 114 valence electrons. The molecule has 1 saturated carbocycles. The summed E-state index contributed by atoms with van der Waals surface area (Å²) in [6.45, 7) is 0. The lowest BCUT2D eigenvalue weighted by molar-refractivity contribution is 0.268. The van der Waals surface area contributed by atoms with Crippen LogP contribution < -0.4 is 5.73 Å². The van der Waals surface area contributed by atoms with Gasteiger partial charge in [-0.3, -0.25) is 0 Å². The van der Waals surface area contributed by atoms with Gasteiger partial charge in [-0.1, -0.05) is 0 Å². The standard InChI is InChI=1S/C14H18FN3O2S/c1-18(12-4-2-11(17)3-5-12)21(19,20)13-6-7-14(15)10(8-13)9-16/h6-8,11-12H,2-5,17H2,1H3. The zero-order valence-electron chi connectivity index (χ0n) is 11.8. The zero-order valence-corrected chi connectivity index (χ0v) is 12.6. The number of rotatable bonds is 3. The molecule has 0 spiro atoms. The highest BCUT2D eigenvalue weighted by molar-refractivity contribution is 7.89. The number of nitrogens with two attached hydrogens (primary N) is 1. The molecule has 0 amide bonds. The van der Waals surface area contributed by atoms with Crippen molar-refractivity contribution in [3.8, 4) is 6.07 Å². The normalized spacial score (nSPS) is 23.0. The summed E-state index contributed by atoms with van der Waals surface area (Å²) < 4.78 is 39.7. The van der Waals surface area contributed by atoms with Gasteiger partial charge in [-0.15, -0.1) is 0 Å². The molecule has 2 rings (SSSR count). The minimum Gasteiger partial charge on any atom is -0.328 e. The van der Waals surface area contributed by atoms with Crippen LogP contribution in [0.3, 0.4) is 0 Å². The van der Waals surface area contributed by atoms with Crippen molar-refractivity contribution in [2.45, 2.75) is 42.7 Å². The fourth-order valence-corrected chi connectivity index (χ4v) is 4.02. The van der Waals surface area contributed by atoms with Gasteiger partial charge in [0.2, 0.25) is 10.0 Å². The molecule has 0 saturated heterocycles. The average Bonchev–Trinajstić information content (AvgIpc) is 2.47. The number of benzene rings is 1. The third-order valence-corrected chi connectivity index (χ3v) is 5.90. The average molecular weight is 311 g/mol. The van der Waals surface area contributed by atoms with Gasteiger partial charge in [-0.05, 0) is 43.9 Å². The molecular weight excluding hydrogens is 293 g/mol. The summed E-state index contributed by atoms with van der Waals surface area (Å²) in [6, 6.07) is 4.96. The molecular formula is C14H18FN3O2S. The molecule has 1 aliphatic rings. The van der Waals surface area contributed by atoms with E-state index in [9.17, 15) is 12.8 Å². The maximum absolute atomic E-state index is 13.3. The SMILES string of the molecule is CN(C1CCC(N)CC1)S(=O)(=O)c1ccc(F)c(C#N)c1. The molecule has 2 N–H and O–H groups in total. The first kappa shape index (κ1) is 15.9. The second kappa shape index (κ2) is 6.10. The molecule has 0 heterocycles. The highest BCUT2D eigenvalue weighted by Gasteiger charge is 2.31. The first-order valence-electron chi connectivity index (χ1n) is 6.79. The van der Waals surface area contributed by atoms with Crippen LogP contribution in [0.15, 0.2) is 23.1 Å². The molecule has 0 bridgehead atoms. The molecule has 0 radical (unpaired) electrons. The Morgan fingerprint density at radius 3 is 2.52 bits per heavy atom. The quantitative estimate of drug-likeness (QED) is 0.918. The molecule has 1 fully saturated rings. The Bertz CT molecular complexity index is 661. The van der Waals surface area contributed by atoms with Crippen LogP contribution in [-0.2, 0) is 10.0 Å². The van der Waals surface area contributed by atoms with Crippen molar-refractivity contribution < 1.29 is 12.8 Å². The Morgan fingerprint density at radius 1 is 1.33 bits per heavy atom. The van der Waals surface area contributed by atoms with Crippen LogP contribution in [0.5, 0.6) is 0 Å². The molecule has 1 aromatic rings. The van der Waals surface area contributed by atoms with Crippen LogP contribution in [-0.4, -0.2) is 31.9 Å². The van der Waals surface area contributed by atoms with Crippen LogP contribution in [0, 0.1) is 17.1 Å². The number of nitrogens with zero attached hydrogens (tertiary/aromatic N) is 2. The molecule has 21 heavy (non-hydrogen) atoms. The van der Waals surface area contributed by atoms with Gasteiger partial charge >= 0.3 is 0 Å². The number of halogens is 1. The minimum atomic E-state index is -3.73. The summed E-state index contributed by atoms with van der Waals surface area (Å²) in [5.41, 5.74) is 5.56. The Kier molecular flexibility index (Phi) is 4.61. The highest BCUT2D eigenvalue weighted by atomic mass is 32.2. The summed E-state index contributed by atoms with van der Waals surface area (Å²) in [5.74, 6) is -0.720. The topological polar surface area (TPSA) is 87.2 Å². The van der Waals surface area contributed by atoms with E-state index in [0.29, 0.717) is 12.8 Å². The summed E-state index contributed by atoms with van der Waals surface area (Å²) in [6.07, 6.45) is 3.00. The van der Waals surface area contributed by atoms with Gasteiger partial charge < -0.3 is 5.73 Å². The van der Waals surface area contributed by atoms with Gasteiger partial charge in [0.15, 0.2) is 0 Å². The maximum Gasteiger partial charge on any atom is 0.243 e. The molecule has 0 aromatic heterocycles. The maximum atomic E-state index is 13.3. The first-order valence-corrected chi connectivity index (χ1v) is 8.23. The second-order valence-corrected chi connectivity index (χ2v) is 7.34. The summed E-state index contributed by atoms with van der Waals surface area (Å²) in [4.78, 5) is -0.0576. The van der Waals surface area contributed by atoms with E-state index in [1.54, 1.807) is 6.07 Å². The van der Waals surface area contributed by atoms with Crippen molar-refractivity contribution in [3.63, 3.8) is 0 Å². The Labute approximate surface area is 124 Å². The fourth-order valence-electron chi connectivity index (χ4n) is 2.58. The first-order chi connectivity index (χ1) is 9.86. The van der Waals surface area contributed by atoms with E-state index in [2.05, 4.69) is 0 Å². The van der Waals surface area contributed by atoms with Crippen LogP contribution in [0.25, 0.3) is 0 Å². The predicted octanol–water partition coefficient (Wildman–Crippen LogP) is 1.59.